The lowest BCUT2D eigenvalue weighted by Crippen LogP contribution is -2.07. The Kier molecular flexibility index (Phi) is 6.55. The number of halogens is 1. The van der Waals surface area contributed by atoms with E-state index in [2.05, 4.69) is 4.98 Å². The maximum absolute atomic E-state index is 8.72. The Morgan fingerprint density at radius 1 is 1.29 bits per heavy atom. The van der Waals surface area contributed by atoms with E-state index in [0.29, 0.717) is 22.7 Å². The van der Waals surface area contributed by atoms with Crippen LogP contribution in [0.25, 0.3) is 11.1 Å². The predicted molar refractivity (Wildman–Crippen MR) is 64.0 cm³/mol. The lowest BCUT2D eigenvalue weighted by molar-refractivity contribution is 0.244. The Bertz CT molecular complexity index is 461. The van der Waals surface area contributed by atoms with Gasteiger partial charge in [-0.1, -0.05) is 0 Å². The van der Waals surface area contributed by atoms with E-state index in [4.69, 9.17) is 30.3 Å². The highest BCUT2D eigenvalue weighted by Crippen LogP contribution is 2.17. The molecule has 2 rings (SSSR count). The van der Waals surface area contributed by atoms with Crippen LogP contribution in [-0.2, 0) is 6.61 Å². The highest BCUT2D eigenvalue weighted by Gasteiger charge is 2.03. The van der Waals surface area contributed by atoms with Crippen molar-refractivity contribution in [1.29, 1.82) is 0 Å². The highest BCUT2D eigenvalue weighted by atomic mass is 35.5. The molecule has 0 aliphatic heterocycles. The van der Waals surface area contributed by atoms with E-state index in [-0.39, 0.29) is 19.0 Å². The Hall–Kier alpha value is -1.32. The van der Waals surface area contributed by atoms with E-state index in [1.807, 2.05) is 0 Å². The summed E-state index contributed by atoms with van der Waals surface area (Å²) in [7, 11) is -2.17. The van der Waals surface area contributed by atoms with Crippen molar-refractivity contribution < 1.29 is 24.6 Å². The zero-order valence-corrected chi connectivity index (χ0v) is 9.46. The number of nitrogens with zero attached hydrogens (tertiary/aromatic N) is 1. The summed E-state index contributed by atoms with van der Waals surface area (Å²) in [6, 6.07) is 5.17. The third kappa shape index (κ3) is 5.02. The number of anilines is 1. The van der Waals surface area contributed by atoms with Crippen molar-refractivity contribution in [2.75, 3.05) is 5.73 Å². The van der Waals surface area contributed by atoms with E-state index in [9.17, 15) is 0 Å². The molecule has 0 saturated heterocycles. The van der Waals surface area contributed by atoms with Gasteiger partial charge in [-0.3, -0.25) is 0 Å². The van der Waals surface area contributed by atoms with E-state index in [1.54, 1.807) is 18.2 Å². The Labute approximate surface area is 103 Å². The number of aliphatic hydroxyl groups excluding tert-OH is 1. The molecule has 0 aliphatic carbocycles. The molecule has 0 unspecified atom stereocenters. The third-order valence-corrected chi connectivity index (χ3v) is 1.59. The van der Waals surface area contributed by atoms with Crippen LogP contribution in [0.1, 0.15) is 5.89 Å². The Balaban J connectivity index is 0.000000453. The molecule has 0 fully saturated rings. The van der Waals surface area contributed by atoms with Gasteiger partial charge in [-0.15, -0.1) is 12.4 Å². The summed E-state index contributed by atoms with van der Waals surface area (Å²) in [5, 5.41) is 30.2. The van der Waals surface area contributed by atoms with Gasteiger partial charge in [-0.2, -0.15) is 0 Å². The first-order valence-corrected chi connectivity index (χ1v) is 4.33. The molecule has 0 bridgehead atoms. The van der Waals surface area contributed by atoms with Crippen LogP contribution in [0.5, 0.6) is 0 Å². The van der Waals surface area contributed by atoms with Crippen molar-refractivity contribution in [1.82, 2.24) is 4.98 Å². The van der Waals surface area contributed by atoms with Gasteiger partial charge in [0.25, 0.3) is 0 Å². The molecule has 0 spiro atoms. The molecule has 0 aliphatic rings. The number of hydrogen-bond acceptors (Lipinski definition) is 7. The summed E-state index contributed by atoms with van der Waals surface area (Å²) in [4.78, 5) is 4.00. The van der Waals surface area contributed by atoms with Gasteiger partial charge in [0.15, 0.2) is 5.58 Å². The summed E-state index contributed by atoms with van der Waals surface area (Å²) >= 11 is 0. The van der Waals surface area contributed by atoms with E-state index < -0.39 is 7.32 Å². The van der Waals surface area contributed by atoms with Crippen LogP contribution in [0.2, 0.25) is 0 Å². The number of nitrogens with two attached hydrogens (primary N) is 1. The summed E-state index contributed by atoms with van der Waals surface area (Å²) in [6.45, 7) is -0.186. The van der Waals surface area contributed by atoms with Crippen molar-refractivity contribution in [3.8, 4) is 0 Å². The number of hydrogen-bond donors (Lipinski definition) is 5. The number of benzene rings is 1. The Morgan fingerprint density at radius 3 is 2.41 bits per heavy atom. The fourth-order valence-corrected chi connectivity index (χ4v) is 1.06. The molecule has 0 amide bonds. The molecule has 7 nitrogen and oxygen atoms in total. The van der Waals surface area contributed by atoms with Crippen LogP contribution in [0, 0.1) is 0 Å². The zero-order valence-electron chi connectivity index (χ0n) is 8.65. The van der Waals surface area contributed by atoms with Gasteiger partial charge in [0.1, 0.15) is 12.1 Å². The summed E-state index contributed by atoms with van der Waals surface area (Å²) in [5.41, 5.74) is 7.50. The molecule has 0 radical (unpaired) electrons. The number of aliphatic hydroxyl groups is 1. The monoisotopic (exact) mass is 262 g/mol. The maximum atomic E-state index is 8.72. The standard InChI is InChI=1S/C8H8N2O2.BH3O3.ClH/c9-5-1-2-7-6(3-5)10-8(4-11)12-7;2-1(3)4;/h1-3,11H,4,9H2;2-4H;1H. The van der Waals surface area contributed by atoms with E-state index >= 15 is 0 Å². The molecule has 0 atom stereocenters. The average Bonchev–Trinajstić information content (AvgIpc) is 2.58. The molecule has 17 heavy (non-hydrogen) atoms. The second-order valence-corrected chi connectivity index (χ2v) is 2.84. The minimum absolute atomic E-state index is 0. The first kappa shape index (κ1) is 15.7. The first-order valence-electron chi connectivity index (χ1n) is 4.33. The van der Waals surface area contributed by atoms with Crippen LogP contribution >= 0.6 is 12.4 Å². The fraction of sp³-hybridized carbons (Fsp3) is 0.125. The van der Waals surface area contributed by atoms with Crippen LogP contribution in [0.4, 0.5) is 5.69 Å². The molecule has 6 N–H and O–H groups in total. The molecule has 94 valence electrons. The number of rotatable bonds is 1. The van der Waals surface area contributed by atoms with Crippen molar-refractivity contribution in [2.45, 2.75) is 6.61 Å². The zero-order chi connectivity index (χ0) is 12.1. The number of nitrogen functional groups attached to an aromatic ring is 1. The smallest absolute Gasteiger partial charge is 0.438 e. The van der Waals surface area contributed by atoms with Crippen molar-refractivity contribution >= 4 is 36.5 Å². The van der Waals surface area contributed by atoms with Crippen molar-refractivity contribution in [3.05, 3.63) is 24.1 Å². The second-order valence-electron chi connectivity index (χ2n) is 2.84. The van der Waals surface area contributed by atoms with Gasteiger partial charge in [0.2, 0.25) is 5.89 Å². The van der Waals surface area contributed by atoms with Crippen molar-refractivity contribution in [2.24, 2.45) is 0 Å². The molecule has 9 heteroatoms. The summed E-state index contributed by atoms with van der Waals surface area (Å²) in [6.07, 6.45) is 0. The van der Waals surface area contributed by atoms with Gasteiger partial charge in [-0.25, -0.2) is 4.98 Å². The van der Waals surface area contributed by atoms with Gasteiger partial charge < -0.3 is 30.3 Å². The van der Waals surface area contributed by atoms with Gasteiger partial charge in [0.05, 0.1) is 0 Å². The molecular weight excluding hydrogens is 250 g/mol. The second kappa shape index (κ2) is 7.10. The third-order valence-electron chi connectivity index (χ3n) is 1.59. The van der Waals surface area contributed by atoms with Crippen LogP contribution in [0.15, 0.2) is 22.6 Å². The normalized spacial score (nSPS) is 9.18. The number of fused-ring (bicyclic) bond motifs is 1. The quantitative estimate of drug-likeness (QED) is 0.338. The van der Waals surface area contributed by atoms with Crippen molar-refractivity contribution in [3.63, 3.8) is 0 Å². The predicted octanol–water partition coefficient (Wildman–Crippen LogP) is -0.728. The average molecular weight is 262 g/mol. The first-order chi connectivity index (χ1) is 7.52. The minimum atomic E-state index is -2.17. The topological polar surface area (TPSA) is 133 Å². The number of aromatic nitrogens is 1. The van der Waals surface area contributed by atoms with Crippen LogP contribution < -0.4 is 5.73 Å². The molecular formula is C8H12BClN2O5. The maximum Gasteiger partial charge on any atom is 0.631 e. The molecule has 0 saturated carbocycles. The SMILES string of the molecule is Cl.Nc1ccc2oc(CO)nc2c1.OB(O)O. The van der Waals surface area contributed by atoms with E-state index in [0.717, 1.165) is 0 Å². The fourth-order valence-electron chi connectivity index (χ4n) is 1.06. The lowest BCUT2D eigenvalue weighted by Gasteiger charge is -1.88. The molecule has 1 aromatic carbocycles. The minimum Gasteiger partial charge on any atom is -0.438 e. The van der Waals surface area contributed by atoms with Gasteiger partial charge in [-0.05, 0) is 18.2 Å². The lowest BCUT2D eigenvalue weighted by atomic mass is 10.3. The number of oxazole rings is 1. The highest BCUT2D eigenvalue weighted by molar-refractivity contribution is 6.30. The van der Waals surface area contributed by atoms with Crippen LogP contribution in [-0.4, -0.2) is 32.5 Å². The van der Waals surface area contributed by atoms with Crippen LogP contribution in [0.3, 0.4) is 0 Å². The molecule has 2 aromatic rings. The van der Waals surface area contributed by atoms with Gasteiger partial charge in [0, 0.05) is 5.69 Å². The Morgan fingerprint density at radius 2 is 1.88 bits per heavy atom. The molecule has 1 aromatic heterocycles. The summed E-state index contributed by atoms with van der Waals surface area (Å²) in [5.74, 6) is 0.315. The molecule has 1 heterocycles. The van der Waals surface area contributed by atoms with Gasteiger partial charge >= 0.3 is 7.32 Å². The van der Waals surface area contributed by atoms with E-state index in [1.165, 1.54) is 0 Å². The largest absolute Gasteiger partial charge is 0.631 e. The summed E-state index contributed by atoms with van der Waals surface area (Å²) < 4.78 is 5.16.